The highest BCUT2D eigenvalue weighted by atomic mass is 35.5. The van der Waals surface area contributed by atoms with Gasteiger partial charge in [0.2, 0.25) is 0 Å². The second-order valence-corrected chi connectivity index (χ2v) is 4.40. The van der Waals surface area contributed by atoms with E-state index in [1.54, 1.807) is 18.4 Å². The van der Waals surface area contributed by atoms with E-state index >= 15 is 0 Å². The van der Waals surface area contributed by atoms with Gasteiger partial charge in [0.15, 0.2) is 5.78 Å². The third kappa shape index (κ3) is 3.39. The third-order valence-electron chi connectivity index (χ3n) is 2.50. The summed E-state index contributed by atoms with van der Waals surface area (Å²) < 4.78 is 0. The Morgan fingerprint density at radius 2 is 1.94 bits per heavy atom. The van der Waals surface area contributed by atoms with Gasteiger partial charge in [-0.15, -0.1) is 11.6 Å². The molecule has 0 spiro atoms. The van der Waals surface area contributed by atoms with Crippen LogP contribution in [-0.2, 0) is 11.3 Å². The molecule has 4 heteroatoms. The van der Waals surface area contributed by atoms with Gasteiger partial charge in [0.25, 0.3) is 0 Å². The van der Waals surface area contributed by atoms with Crippen LogP contribution in [0.4, 0.5) is 5.69 Å². The number of rotatable bonds is 3. The standard InChI is InChI=1S/C14H12ClN2O/c15-12-3-6-14(18)11(7-12)9-17-8-10-1-4-13(16)5-2-10/h1-7,9H,8,16H2/p+1. The molecule has 0 bridgehead atoms. The van der Waals surface area contributed by atoms with Gasteiger partial charge in [0.1, 0.15) is 11.1 Å². The van der Waals surface area contributed by atoms with Crippen molar-refractivity contribution in [2.45, 2.75) is 6.54 Å². The summed E-state index contributed by atoms with van der Waals surface area (Å²) in [5.74, 6) is -0.0729. The van der Waals surface area contributed by atoms with Gasteiger partial charge in [0.05, 0.1) is 6.54 Å². The zero-order valence-electron chi connectivity index (χ0n) is 9.77. The topological polar surface area (TPSA) is 57.1 Å². The number of hydrogen-bond acceptors (Lipinski definition) is 2. The minimum atomic E-state index is -0.0729. The van der Waals surface area contributed by atoms with Crippen LogP contribution in [0.2, 0.25) is 0 Å². The highest BCUT2D eigenvalue weighted by Crippen LogP contribution is 2.18. The second kappa shape index (κ2) is 5.76. The van der Waals surface area contributed by atoms with Gasteiger partial charge in [-0.1, -0.05) is 18.2 Å². The lowest BCUT2D eigenvalue weighted by atomic mass is 10.1. The van der Waals surface area contributed by atoms with Gasteiger partial charge in [-0.05, 0) is 29.8 Å². The van der Waals surface area contributed by atoms with Crippen molar-refractivity contribution in [1.29, 1.82) is 0 Å². The monoisotopic (exact) mass is 260 g/mol. The molecule has 18 heavy (non-hydrogen) atoms. The number of carbonyl (C=O) groups is 1. The Labute approximate surface area is 111 Å². The quantitative estimate of drug-likeness (QED) is 0.830. The Kier molecular flexibility index (Phi) is 4.07. The van der Waals surface area contributed by atoms with E-state index in [0.29, 0.717) is 17.5 Å². The minimum Gasteiger partial charge on any atom is -0.325 e. The fourth-order valence-electron chi connectivity index (χ4n) is 1.51. The molecule has 1 aromatic carbocycles. The van der Waals surface area contributed by atoms with Crippen molar-refractivity contribution in [2.75, 3.05) is 0 Å². The van der Waals surface area contributed by atoms with Crippen LogP contribution in [0.3, 0.4) is 0 Å². The lowest BCUT2D eigenvalue weighted by Crippen LogP contribution is -2.39. The third-order valence-corrected chi connectivity index (χ3v) is 2.73. The number of halogens is 1. The van der Waals surface area contributed by atoms with E-state index in [2.05, 4.69) is 10.7 Å². The maximum Gasteiger partial charge on any atom is 0.186 e. The number of benzene rings is 1. The zero-order valence-corrected chi connectivity index (χ0v) is 10.5. The van der Waals surface area contributed by atoms with Crippen LogP contribution in [0.1, 0.15) is 5.56 Å². The number of quaternary nitrogens is 1. The Bertz CT molecular complexity index is 529. The van der Waals surface area contributed by atoms with Crippen molar-refractivity contribution in [3.05, 3.63) is 59.0 Å². The molecule has 3 nitrogen and oxygen atoms in total. The Morgan fingerprint density at radius 1 is 1.22 bits per heavy atom. The lowest BCUT2D eigenvalue weighted by molar-refractivity contribution is -0.254. The van der Waals surface area contributed by atoms with Crippen LogP contribution in [-0.4, -0.2) is 12.0 Å². The fourth-order valence-corrected chi connectivity index (χ4v) is 1.69. The molecule has 3 N–H and O–H groups in total. The molecule has 0 fully saturated rings. The minimum absolute atomic E-state index is 0.0729. The Morgan fingerprint density at radius 3 is 2.67 bits per heavy atom. The predicted molar refractivity (Wildman–Crippen MR) is 72.5 cm³/mol. The van der Waals surface area contributed by atoms with E-state index in [0.717, 1.165) is 11.3 Å². The number of allylic oxidation sites excluding steroid dienone is 4. The first-order valence-electron chi connectivity index (χ1n) is 5.52. The van der Waals surface area contributed by atoms with E-state index in [-0.39, 0.29) is 5.78 Å². The summed E-state index contributed by atoms with van der Waals surface area (Å²) >= 11 is 5.82. The normalized spacial score (nSPS) is 16.3. The summed E-state index contributed by atoms with van der Waals surface area (Å²) in [6.45, 7) is 0.534. The second-order valence-electron chi connectivity index (χ2n) is 3.97. The van der Waals surface area contributed by atoms with Crippen LogP contribution >= 0.6 is 11.6 Å². The molecule has 2 rings (SSSR count). The first-order valence-corrected chi connectivity index (χ1v) is 5.90. The maximum atomic E-state index is 11.5. The number of aliphatic imine (C=N–C) groups is 1. The zero-order chi connectivity index (χ0) is 13.0. The largest absolute Gasteiger partial charge is 0.325 e. The molecule has 1 radical (unpaired) electrons. The van der Waals surface area contributed by atoms with Crippen LogP contribution < -0.4 is 5.73 Å². The van der Waals surface area contributed by atoms with Crippen molar-refractivity contribution in [1.82, 2.24) is 0 Å². The summed E-state index contributed by atoms with van der Waals surface area (Å²) in [6, 6.07) is 7.80. The molecule has 91 valence electrons. The lowest BCUT2D eigenvalue weighted by Gasteiger charge is -2.04. The smallest absolute Gasteiger partial charge is 0.186 e. The SMILES string of the molecule is [NH3+]c1ccc(CN=CC2=C[C](Cl)C=CC2=O)cc1. The number of nitrogens with zero attached hydrogens (tertiary/aromatic N) is 1. The number of ketones is 1. The molecular formula is C14H13ClN2O+. The van der Waals surface area contributed by atoms with Crippen LogP contribution in [0, 0.1) is 5.38 Å². The molecule has 0 aliphatic heterocycles. The van der Waals surface area contributed by atoms with E-state index in [4.69, 9.17) is 11.6 Å². The molecule has 0 atom stereocenters. The van der Waals surface area contributed by atoms with E-state index < -0.39 is 0 Å². The van der Waals surface area contributed by atoms with Gasteiger partial charge in [-0.2, -0.15) is 0 Å². The van der Waals surface area contributed by atoms with Crippen molar-refractivity contribution in [3.8, 4) is 0 Å². The van der Waals surface area contributed by atoms with Gasteiger partial charge in [-0.3, -0.25) is 9.79 Å². The highest BCUT2D eigenvalue weighted by Gasteiger charge is 2.11. The molecule has 0 heterocycles. The summed E-state index contributed by atoms with van der Waals surface area (Å²) in [6.07, 6.45) is 6.20. The van der Waals surface area contributed by atoms with Gasteiger partial charge >= 0.3 is 0 Å². The molecule has 1 aromatic rings. The first-order chi connectivity index (χ1) is 8.65. The molecule has 0 amide bonds. The average Bonchev–Trinajstić information content (AvgIpc) is 2.36. The summed E-state index contributed by atoms with van der Waals surface area (Å²) in [7, 11) is 0. The first kappa shape index (κ1) is 12.7. The van der Waals surface area contributed by atoms with Crippen LogP contribution in [0.15, 0.2) is 53.1 Å². The predicted octanol–water partition coefficient (Wildman–Crippen LogP) is 1.97. The summed E-state index contributed by atoms with van der Waals surface area (Å²) in [4.78, 5) is 15.7. The van der Waals surface area contributed by atoms with Crippen molar-refractivity contribution in [3.63, 3.8) is 0 Å². The van der Waals surface area contributed by atoms with Crippen LogP contribution in [0.25, 0.3) is 0 Å². The van der Waals surface area contributed by atoms with Crippen molar-refractivity contribution in [2.24, 2.45) is 4.99 Å². The Hall–Kier alpha value is -1.71. The molecule has 1 aliphatic carbocycles. The molecule has 0 saturated carbocycles. The average molecular weight is 261 g/mol. The maximum absolute atomic E-state index is 11.5. The summed E-state index contributed by atoms with van der Waals surface area (Å²) in [5, 5.41) is 0.539. The molecule has 0 unspecified atom stereocenters. The van der Waals surface area contributed by atoms with Gasteiger partial charge in [0, 0.05) is 11.8 Å². The van der Waals surface area contributed by atoms with E-state index in [1.807, 2.05) is 24.3 Å². The fraction of sp³-hybridized carbons (Fsp3) is 0.0714. The van der Waals surface area contributed by atoms with Gasteiger partial charge < -0.3 is 5.73 Å². The van der Waals surface area contributed by atoms with Crippen LogP contribution in [0.5, 0.6) is 0 Å². The molecule has 1 aliphatic rings. The number of hydrogen-bond donors (Lipinski definition) is 1. The van der Waals surface area contributed by atoms with E-state index in [1.165, 1.54) is 6.08 Å². The van der Waals surface area contributed by atoms with Crippen molar-refractivity contribution >= 4 is 29.3 Å². The molecule has 0 saturated heterocycles. The Balaban J connectivity index is 1.99. The number of carbonyl (C=O) groups excluding carboxylic acids is 1. The van der Waals surface area contributed by atoms with E-state index in [9.17, 15) is 4.79 Å². The highest BCUT2D eigenvalue weighted by molar-refractivity contribution is 6.33. The molecule has 0 aromatic heterocycles. The van der Waals surface area contributed by atoms with Crippen molar-refractivity contribution < 1.29 is 10.5 Å². The van der Waals surface area contributed by atoms with Gasteiger partial charge in [-0.25, -0.2) is 0 Å². The molecular weight excluding hydrogens is 248 g/mol. The summed E-state index contributed by atoms with van der Waals surface area (Å²) in [5.41, 5.74) is 6.38.